The summed E-state index contributed by atoms with van der Waals surface area (Å²) >= 11 is 0. The van der Waals surface area contributed by atoms with Gasteiger partial charge in [0.1, 0.15) is 5.82 Å². The molecule has 4 nitrogen and oxygen atoms in total. The average Bonchev–Trinajstić information content (AvgIpc) is 2.37. The molecule has 0 aliphatic heterocycles. The van der Waals surface area contributed by atoms with Crippen molar-refractivity contribution in [1.82, 2.24) is 4.98 Å². The van der Waals surface area contributed by atoms with Crippen LogP contribution in [0.2, 0.25) is 0 Å². The molecule has 1 heterocycles. The average molecular weight is 272 g/mol. The van der Waals surface area contributed by atoms with Gasteiger partial charge in [-0.05, 0) is 16.9 Å². The number of anilines is 1. The molecule has 0 saturated carbocycles. The van der Waals surface area contributed by atoms with Gasteiger partial charge in [-0.1, -0.05) is 45.0 Å². The van der Waals surface area contributed by atoms with Crippen LogP contribution >= 0.6 is 0 Å². The molecule has 0 bridgehead atoms. The Kier molecular flexibility index (Phi) is 3.93. The Hall–Kier alpha value is -2.10. The number of aliphatic carboxylic acids is 1. The molecule has 1 unspecified atom stereocenters. The number of carboxylic acid groups (broad SMARTS) is 1. The summed E-state index contributed by atoms with van der Waals surface area (Å²) in [6, 6.07) is 9.71. The van der Waals surface area contributed by atoms with Crippen molar-refractivity contribution in [2.45, 2.75) is 33.2 Å². The number of fused-ring (bicyclic) bond motifs is 1. The lowest BCUT2D eigenvalue weighted by Crippen LogP contribution is -2.36. The van der Waals surface area contributed by atoms with E-state index in [1.807, 2.05) is 51.1 Å². The second kappa shape index (κ2) is 5.49. The Labute approximate surface area is 118 Å². The zero-order valence-corrected chi connectivity index (χ0v) is 12.1. The fourth-order valence-corrected chi connectivity index (χ4v) is 2.15. The Morgan fingerprint density at radius 3 is 2.65 bits per heavy atom. The van der Waals surface area contributed by atoms with Crippen LogP contribution in [0.1, 0.15) is 27.2 Å². The molecule has 0 spiro atoms. The summed E-state index contributed by atoms with van der Waals surface area (Å²) in [5.41, 5.74) is -0.170. The molecule has 0 fully saturated rings. The molecule has 1 aromatic heterocycles. The predicted octanol–water partition coefficient (Wildman–Crippen LogP) is 3.54. The minimum atomic E-state index is -0.808. The van der Waals surface area contributed by atoms with Crippen molar-refractivity contribution in [2.24, 2.45) is 5.41 Å². The molecule has 2 aromatic rings. The van der Waals surface area contributed by atoms with Gasteiger partial charge in [0.2, 0.25) is 0 Å². The fourth-order valence-electron chi connectivity index (χ4n) is 2.15. The van der Waals surface area contributed by atoms with Crippen molar-refractivity contribution in [3.05, 3.63) is 36.5 Å². The standard InChI is InChI=1S/C16H20N2O2/c1-16(2,3)13(10-14(19)20)18-15-12-7-5-4-6-11(12)8-9-17-15/h4-9,13H,10H2,1-3H3,(H,17,18)(H,19,20). The third kappa shape index (κ3) is 3.26. The first-order valence-corrected chi connectivity index (χ1v) is 6.70. The maximum Gasteiger partial charge on any atom is 0.305 e. The molecule has 1 aromatic carbocycles. The van der Waals surface area contributed by atoms with E-state index in [-0.39, 0.29) is 17.9 Å². The van der Waals surface area contributed by atoms with Crippen LogP contribution in [0.15, 0.2) is 36.5 Å². The van der Waals surface area contributed by atoms with Crippen LogP contribution < -0.4 is 5.32 Å². The summed E-state index contributed by atoms with van der Waals surface area (Å²) in [6.45, 7) is 6.08. The molecule has 0 aliphatic carbocycles. The van der Waals surface area contributed by atoms with Gasteiger partial charge in [-0.25, -0.2) is 4.98 Å². The zero-order chi connectivity index (χ0) is 14.8. The van der Waals surface area contributed by atoms with Crippen LogP contribution in [0, 0.1) is 5.41 Å². The lowest BCUT2D eigenvalue weighted by molar-refractivity contribution is -0.137. The highest BCUT2D eigenvalue weighted by molar-refractivity contribution is 5.91. The first-order chi connectivity index (χ1) is 9.38. The number of carbonyl (C=O) groups is 1. The van der Waals surface area contributed by atoms with E-state index >= 15 is 0 Å². The van der Waals surface area contributed by atoms with Gasteiger partial charge in [0.15, 0.2) is 0 Å². The van der Waals surface area contributed by atoms with Gasteiger partial charge in [-0.3, -0.25) is 4.79 Å². The van der Waals surface area contributed by atoms with E-state index < -0.39 is 5.97 Å². The molecule has 0 radical (unpaired) electrons. The summed E-state index contributed by atoms with van der Waals surface area (Å²) in [5, 5.41) is 14.5. The molecule has 2 rings (SSSR count). The number of nitrogens with one attached hydrogen (secondary N) is 1. The number of rotatable bonds is 4. The van der Waals surface area contributed by atoms with Gasteiger partial charge >= 0.3 is 5.97 Å². The van der Waals surface area contributed by atoms with Crippen molar-refractivity contribution >= 4 is 22.6 Å². The normalized spacial score (nSPS) is 13.2. The number of hydrogen-bond donors (Lipinski definition) is 2. The number of benzene rings is 1. The maximum atomic E-state index is 11.0. The molecule has 2 N–H and O–H groups in total. The molecular formula is C16H20N2O2. The Balaban J connectivity index is 2.36. The van der Waals surface area contributed by atoms with Gasteiger partial charge in [0, 0.05) is 17.6 Å². The van der Waals surface area contributed by atoms with Gasteiger partial charge in [-0.2, -0.15) is 0 Å². The van der Waals surface area contributed by atoms with E-state index in [4.69, 9.17) is 5.11 Å². The first kappa shape index (κ1) is 14.3. The number of pyridine rings is 1. The van der Waals surface area contributed by atoms with Crippen molar-refractivity contribution in [1.29, 1.82) is 0 Å². The smallest absolute Gasteiger partial charge is 0.305 e. The number of aromatic nitrogens is 1. The van der Waals surface area contributed by atoms with E-state index in [0.717, 1.165) is 16.6 Å². The molecule has 0 aliphatic rings. The van der Waals surface area contributed by atoms with Crippen LogP contribution in [-0.4, -0.2) is 22.1 Å². The molecule has 4 heteroatoms. The number of hydrogen-bond acceptors (Lipinski definition) is 3. The summed E-state index contributed by atoms with van der Waals surface area (Å²) in [7, 11) is 0. The molecule has 20 heavy (non-hydrogen) atoms. The van der Waals surface area contributed by atoms with Crippen LogP contribution in [0.25, 0.3) is 10.8 Å². The lowest BCUT2D eigenvalue weighted by Gasteiger charge is -2.31. The van der Waals surface area contributed by atoms with Crippen LogP contribution in [0.3, 0.4) is 0 Å². The van der Waals surface area contributed by atoms with E-state index in [1.54, 1.807) is 6.20 Å². The Morgan fingerprint density at radius 1 is 1.30 bits per heavy atom. The van der Waals surface area contributed by atoms with Crippen LogP contribution in [0.5, 0.6) is 0 Å². The van der Waals surface area contributed by atoms with E-state index in [2.05, 4.69) is 10.3 Å². The lowest BCUT2D eigenvalue weighted by atomic mass is 9.84. The fraction of sp³-hybridized carbons (Fsp3) is 0.375. The van der Waals surface area contributed by atoms with Gasteiger partial charge in [0.25, 0.3) is 0 Å². The first-order valence-electron chi connectivity index (χ1n) is 6.70. The second-order valence-corrected chi connectivity index (χ2v) is 6.04. The molecule has 106 valence electrons. The topological polar surface area (TPSA) is 62.2 Å². The van der Waals surface area contributed by atoms with Crippen LogP contribution in [-0.2, 0) is 4.79 Å². The van der Waals surface area contributed by atoms with Crippen molar-refractivity contribution in [3.8, 4) is 0 Å². The molecule has 0 saturated heterocycles. The second-order valence-electron chi connectivity index (χ2n) is 6.04. The van der Waals surface area contributed by atoms with Crippen molar-refractivity contribution < 1.29 is 9.90 Å². The van der Waals surface area contributed by atoms with Crippen LogP contribution in [0.4, 0.5) is 5.82 Å². The van der Waals surface area contributed by atoms with E-state index in [1.165, 1.54) is 0 Å². The highest BCUT2D eigenvalue weighted by atomic mass is 16.4. The third-order valence-corrected chi connectivity index (χ3v) is 3.41. The molecule has 1 atom stereocenters. The zero-order valence-electron chi connectivity index (χ0n) is 12.1. The minimum Gasteiger partial charge on any atom is -0.481 e. The largest absolute Gasteiger partial charge is 0.481 e. The number of nitrogens with zero attached hydrogens (tertiary/aromatic N) is 1. The highest BCUT2D eigenvalue weighted by Gasteiger charge is 2.27. The van der Waals surface area contributed by atoms with Crippen molar-refractivity contribution in [3.63, 3.8) is 0 Å². The van der Waals surface area contributed by atoms with Gasteiger partial charge in [0.05, 0.1) is 6.42 Å². The summed E-state index contributed by atoms with van der Waals surface area (Å²) in [5.74, 6) is -0.0677. The Bertz CT molecular complexity index is 612. The Morgan fingerprint density at radius 2 is 2.00 bits per heavy atom. The SMILES string of the molecule is CC(C)(C)C(CC(=O)O)Nc1nccc2ccccc12. The van der Waals surface area contributed by atoms with Crippen molar-refractivity contribution in [2.75, 3.05) is 5.32 Å². The summed E-state index contributed by atoms with van der Waals surface area (Å²) in [4.78, 5) is 15.4. The minimum absolute atomic E-state index is 0.0639. The van der Waals surface area contributed by atoms with Gasteiger partial charge < -0.3 is 10.4 Å². The van der Waals surface area contributed by atoms with E-state index in [9.17, 15) is 4.79 Å². The summed E-state index contributed by atoms with van der Waals surface area (Å²) in [6.07, 6.45) is 1.81. The highest BCUT2D eigenvalue weighted by Crippen LogP contribution is 2.28. The quantitative estimate of drug-likeness (QED) is 0.893. The van der Waals surface area contributed by atoms with Gasteiger partial charge in [-0.15, -0.1) is 0 Å². The third-order valence-electron chi connectivity index (χ3n) is 3.41. The molecule has 0 amide bonds. The monoisotopic (exact) mass is 272 g/mol. The maximum absolute atomic E-state index is 11.0. The predicted molar refractivity (Wildman–Crippen MR) is 80.9 cm³/mol. The number of carboxylic acids is 1. The molecular weight excluding hydrogens is 252 g/mol. The van der Waals surface area contributed by atoms with E-state index in [0.29, 0.717) is 0 Å². The summed E-state index contributed by atoms with van der Waals surface area (Å²) < 4.78 is 0.